The van der Waals surface area contributed by atoms with Crippen LogP contribution >= 0.6 is 0 Å². The molecule has 1 aromatic heterocycles. The summed E-state index contributed by atoms with van der Waals surface area (Å²) in [5, 5.41) is 4.05. The fraction of sp³-hybridized carbons (Fsp3) is 0.471. The van der Waals surface area contributed by atoms with Crippen LogP contribution in [0.4, 0.5) is 10.1 Å². The van der Waals surface area contributed by atoms with Gasteiger partial charge in [0.15, 0.2) is 0 Å². The average molecular weight is 349 g/mol. The van der Waals surface area contributed by atoms with Crippen LogP contribution in [0.2, 0.25) is 0 Å². The second kappa shape index (κ2) is 5.05. The van der Waals surface area contributed by atoms with Crippen LogP contribution in [0.15, 0.2) is 29.3 Å². The minimum absolute atomic E-state index is 0.190. The first kappa shape index (κ1) is 15.6. The highest BCUT2D eigenvalue weighted by molar-refractivity contribution is 7.93. The Morgan fingerprint density at radius 2 is 1.96 bits per heavy atom. The van der Waals surface area contributed by atoms with Crippen molar-refractivity contribution in [3.05, 3.63) is 41.5 Å². The molecule has 1 aliphatic heterocycles. The van der Waals surface area contributed by atoms with E-state index in [9.17, 15) is 12.8 Å². The Bertz CT molecular complexity index is 914. The average Bonchev–Trinajstić information content (AvgIpc) is 3.22. The van der Waals surface area contributed by atoms with Gasteiger partial charge in [-0.05, 0) is 31.9 Å². The third-order valence-corrected chi connectivity index (χ3v) is 7.42. The van der Waals surface area contributed by atoms with Crippen LogP contribution in [0.1, 0.15) is 36.9 Å². The Morgan fingerprint density at radius 1 is 1.25 bits per heavy atom. The third-order valence-electron chi connectivity index (χ3n) is 5.56. The molecule has 1 fully saturated rings. The van der Waals surface area contributed by atoms with Gasteiger partial charge in [0.2, 0.25) is 0 Å². The Hall–Kier alpha value is -1.89. The minimum Gasteiger partial charge on any atom is -0.272 e. The van der Waals surface area contributed by atoms with E-state index in [1.165, 1.54) is 16.6 Å². The molecule has 0 amide bonds. The SMILES string of the molecule is Cc1c(S(=O)(=O)N2CC3(CCCC3)c3c(F)cccc32)cnn1C. The van der Waals surface area contributed by atoms with Crippen molar-refractivity contribution in [3.63, 3.8) is 0 Å². The maximum absolute atomic E-state index is 14.6. The first-order valence-corrected chi connectivity index (χ1v) is 9.61. The number of benzene rings is 1. The van der Waals surface area contributed by atoms with Gasteiger partial charge in [0.25, 0.3) is 10.0 Å². The predicted molar refractivity (Wildman–Crippen MR) is 89.0 cm³/mol. The van der Waals surface area contributed by atoms with Crippen molar-refractivity contribution < 1.29 is 12.8 Å². The second-order valence-electron chi connectivity index (χ2n) is 6.85. The van der Waals surface area contributed by atoms with E-state index >= 15 is 0 Å². The lowest BCUT2D eigenvalue weighted by Gasteiger charge is -2.25. The van der Waals surface area contributed by atoms with Crippen molar-refractivity contribution in [3.8, 4) is 0 Å². The fourth-order valence-corrected chi connectivity index (χ4v) is 5.96. The number of anilines is 1. The number of aryl methyl sites for hydroxylation is 1. The molecular weight excluding hydrogens is 329 g/mol. The summed E-state index contributed by atoms with van der Waals surface area (Å²) in [6.07, 6.45) is 5.06. The molecule has 2 heterocycles. The van der Waals surface area contributed by atoms with Gasteiger partial charge < -0.3 is 0 Å². The summed E-state index contributed by atoms with van der Waals surface area (Å²) in [4.78, 5) is 0.190. The number of nitrogens with zero attached hydrogens (tertiary/aromatic N) is 3. The maximum Gasteiger partial charge on any atom is 0.267 e. The molecular formula is C17H20FN3O2S. The number of fused-ring (bicyclic) bond motifs is 2. The Kier molecular flexibility index (Phi) is 3.29. The molecule has 2 aromatic rings. The van der Waals surface area contributed by atoms with E-state index in [4.69, 9.17) is 0 Å². The lowest BCUT2D eigenvalue weighted by atomic mass is 9.80. The van der Waals surface area contributed by atoms with Crippen molar-refractivity contribution >= 4 is 15.7 Å². The summed E-state index contributed by atoms with van der Waals surface area (Å²) >= 11 is 0. The van der Waals surface area contributed by atoms with E-state index in [0.717, 1.165) is 25.7 Å². The van der Waals surface area contributed by atoms with Crippen molar-refractivity contribution in [1.82, 2.24) is 9.78 Å². The highest BCUT2D eigenvalue weighted by atomic mass is 32.2. The van der Waals surface area contributed by atoms with Crippen molar-refractivity contribution in [1.29, 1.82) is 0 Å². The smallest absolute Gasteiger partial charge is 0.267 e. The third kappa shape index (κ3) is 1.97. The zero-order valence-electron chi connectivity index (χ0n) is 13.8. The van der Waals surface area contributed by atoms with Gasteiger partial charge in [0.1, 0.15) is 10.7 Å². The molecule has 2 aliphatic rings. The Labute approximate surface area is 141 Å². The summed E-state index contributed by atoms with van der Waals surface area (Å²) < 4.78 is 44.0. The highest BCUT2D eigenvalue weighted by Crippen LogP contribution is 2.52. The van der Waals surface area contributed by atoms with E-state index in [-0.39, 0.29) is 16.1 Å². The molecule has 128 valence electrons. The molecule has 0 radical (unpaired) electrons. The number of hydrogen-bond donors (Lipinski definition) is 0. The zero-order chi connectivity index (χ0) is 17.1. The van der Waals surface area contributed by atoms with Crippen LogP contribution in [0, 0.1) is 12.7 Å². The lowest BCUT2D eigenvalue weighted by molar-refractivity contribution is 0.451. The van der Waals surface area contributed by atoms with E-state index < -0.39 is 10.0 Å². The molecule has 7 heteroatoms. The second-order valence-corrected chi connectivity index (χ2v) is 8.68. The molecule has 1 aromatic carbocycles. The molecule has 5 nitrogen and oxygen atoms in total. The highest BCUT2D eigenvalue weighted by Gasteiger charge is 2.50. The van der Waals surface area contributed by atoms with E-state index in [2.05, 4.69) is 5.10 Å². The minimum atomic E-state index is -3.76. The number of aromatic nitrogens is 2. The van der Waals surface area contributed by atoms with Crippen molar-refractivity contribution in [2.45, 2.75) is 42.9 Å². The topological polar surface area (TPSA) is 55.2 Å². The van der Waals surface area contributed by atoms with Gasteiger partial charge in [0.05, 0.1) is 17.6 Å². The van der Waals surface area contributed by atoms with E-state index in [0.29, 0.717) is 23.5 Å². The number of rotatable bonds is 2. The molecule has 0 atom stereocenters. The fourth-order valence-electron chi connectivity index (χ4n) is 4.21. The molecule has 0 saturated heterocycles. The van der Waals surface area contributed by atoms with E-state index in [1.807, 2.05) is 0 Å². The van der Waals surface area contributed by atoms with Gasteiger partial charge >= 0.3 is 0 Å². The molecule has 0 bridgehead atoms. The summed E-state index contributed by atoms with van der Waals surface area (Å²) in [7, 11) is -2.05. The molecule has 1 spiro atoms. The molecule has 4 rings (SSSR count). The molecule has 0 N–H and O–H groups in total. The van der Waals surface area contributed by atoms with Crippen LogP contribution in [0.3, 0.4) is 0 Å². The van der Waals surface area contributed by atoms with Crippen molar-refractivity contribution in [2.75, 3.05) is 10.8 Å². The number of halogens is 1. The van der Waals surface area contributed by atoms with Gasteiger partial charge in [0, 0.05) is 24.6 Å². The van der Waals surface area contributed by atoms with Gasteiger partial charge in [-0.15, -0.1) is 0 Å². The predicted octanol–water partition coefficient (Wildman–Crippen LogP) is 2.89. The van der Waals surface area contributed by atoms with Crippen molar-refractivity contribution in [2.24, 2.45) is 7.05 Å². The van der Waals surface area contributed by atoms with Crippen LogP contribution < -0.4 is 4.31 Å². The number of hydrogen-bond acceptors (Lipinski definition) is 3. The van der Waals surface area contributed by atoms with Crippen LogP contribution in [-0.4, -0.2) is 24.7 Å². The summed E-state index contributed by atoms with van der Waals surface area (Å²) in [6, 6.07) is 4.74. The molecule has 24 heavy (non-hydrogen) atoms. The van der Waals surface area contributed by atoms with Gasteiger partial charge in [-0.2, -0.15) is 5.10 Å². The quantitative estimate of drug-likeness (QED) is 0.838. The Morgan fingerprint density at radius 3 is 2.58 bits per heavy atom. The normalized spacial score (nSPS) is 19.2. The summed E-state index contributed by atoms with van der Waals surface area (Å²) in [5.41, 5.74) is 1.26. The van der Waals surface area contributed by atoms with Crippen LogP contribution in [-0.2, 0) is 22.5 Å². The standard InChI is InChI=1S/C17H20FN3O2S/c1-12-15(10-19-20(12)2)24(22,23)21-11-17(8-3-4-9-17)16-13(18)6-5-7-14(16)21/h5-7,10H,3-4,8-9,11H2,1-2H3. The largest absolute Gasteiger partial charge is 0.272 e. The summed E-state index contributed by atoms with van der Waals surface area (Å²) in [5.74, 6) is -0.296. The van der Waals surface area contributed by atoms with Crippen LogP contribution in [0.25, 0.3) is 0 Å². The molecule has 1 saturated carbocycles. The summed E-state index contributed by atoms with van der Waals surface area (Å²) in [6.45, 7) is 2.05. The monoisotopic (exact) mass is 349 g/mol. The van der Waals surface area contributed by atoms with Gasteiger partial charge in [-0.3, -0.25) is 8.99 Å². The first-order chi connectivity index (χ1) is 11.4. The van der Waals surface area contributed by atoms with Gasteiger partial charge in [-0.1, -0.05) is 18.9 Å². The van der Waals surface area contributed by atoms with Gasteiger partial charge in [-0.25, -0.2) is 12.8 Å². The van der Waals surface area contributed by atoms with E-state index in [1.54, 1.807) is 30.8 Å². The zero-order valence-corrected chi connectivity index (χ0v) is 14.6. The lowest BCUT2D eigenvalue weighted by Crippen LogP contribution is -2.35. The Balaban J connectivity index is 1.89. The molecule has 0 unspecified atom stereocenters. The first-order valence-electron chi connectivity index (χ1n) is 8.17. The van der Waals surface area contributed by atoms with Crippen LogP contribution in [0.5, 0.6) is 0 Å². The molecule has 1 aliphatic carbocycles. The number of sulfonamides is 1. The maximum atomic E-state index is 14.6.